The van der Waals surface area contributed by atoms with Gasteiger partial charge in [0.15, 0.2) is 0 Å². The van der Waals surface area contributed by atoms with E-state index in [1.165, 1.54) is 27.8 Å². The van der Waals surface area contributed by atoms with Gasteiger partial charge in [-0.05, 0) is 33.9 Å². The first-order valence-electron chi connectivity index (χ1n) is 10.1. The van der Waals surface area contributed by atoms with E-state index in [9.17, 15) is 0 Å². The summed E-state index contributed by atoms with van der Waals surface area (Å²) in [6, 6.07) is 24.4. The number of methoxy groups -OCH3 is 1. The molecule has 28 heavy (non-hydrogen) atoms. The first-order chi connectivity index (χ1) is 13.3. The standard InChI is InChI=1S/C26H30OSi/c1-26(2,21-15-9-10-17-23(21)27-3)22-16-11-14-19-18-12-7-8-13-20(18)25(24(19)22)28(4,5)6/h7-17,25H,1-6H3. The second-order valence-corrected chi connectivity index (χ2v) is 14.8. The van der Waals surface area contributed by atoms with Gasteiger partial charge in [-0.1, -0.05) is 94.2 Å². The highest BCUT2D eigenvalue weighted by molar-refractivity contribution is 6.78. The molecule has 0 aliphatic heterocycles. The maximum atomic E-state index is 5.74. The Labute approximate surface area is 170 Å². The zero-order chi connectivity index (χ0) is 20.1. The van der Waals surface area contributed by atoms with E-state index in [-0.39, 0.29) is 5.41 Å². The van der Waals surface area contributed by atoms with Gasteiger partial charge in [0.1, 0.15) is 5.75 Å². The smallest absolute Gasteiger partial charge is 0.122 e. The van der Waals surface area contributed by atoms with Crippen molar-refractivity contribution < 1.29 is 4.74 Å². The minimum Gasteiger partial charge on any atom is -0.496 e. The average molecular weight is 387 g/mol. The van der Waals surface area contributed by atoms with E-state index in [1.54, 1.807) is 12.7 Å². The Morgan fingerprint density at radius 1 is 0.750 bits per heavy atom. The lowest BCUT2D eigenvalue weighted by atomic mass is 9.74. The van der Waals surface area contributed by atoms with Crippen LogP contribution >= 0.6 is 0 Å². The third kappa shape index (κ3) is 2.82. The van der Waals surface area contributed by atoms with Crippen LogP contribution in [-0.2, 0) is 5.41 Å². The normalized spacial score (nSPS) is 15.9. The van der Waals surface area contributed by atoms with E-state index in [4.69, 9.17) is 4.74 Å². The van der Waals surface area contributed by atoms with Gasteiger partial charge in [-0.2, -0.15) is 0 Å². The van der Waals surface area contributed by atoms with Crippen molar-refractivity contribution in [2.75, 3.05) is 7.11 Å². The molecular formula is C26H30OSi. The van der Waals surface area contributed by atoms with Crippen LogP contribution in [0.3, 0.4) is 0 Å². The molecule has 0 bridgehead atoms. The fourth-order valence-electron chi connectivity index (χ4n) is 5.01. The Morgan fingerprint density at radius 2 is 1.36 bits per heavy atom. The summed E-state index contributed by atoms with van der Waals surface area (Å²) in [5.74, 6) is 0.963. The van der Waals surface area contributed by atoms with Crippen molar-refractivity contribution in [3.63, 3.8) is 0 Å². The molecule has 0 saturated heterocycles. The Balaban J connectivity index is 2.00. The lowest BCUT2D eigenvalue weighted by molar-refractivity contribution is 0.400. The van der Waals surface area contributed by atoms with Gasteiger partial charge in [0.05, 0.1) is 15.2 Å². The predicted octanol–water partition coefficient (Wildman–Crippen LogP) is 7.01. The van der Waals surface area contributed by atoms with Crippen LogP contribution in [0.5, 0.6) is 5.75 Å². The Morgan fingerprint density at radius 3 is 2.07 bits per heavy atom. The second-order valence-electron chi connectivity index (χ2n) is 9.48. The third-order valence-corrected chi connectivity index (χ3v) is 8.61. The minimum absolute atomic E-state index is 0.141. The molecule has 0 heterocycles. The van der Waals surface area contributed by atoms with Crippen molar-refractivity contribution in [1.29, 1.82) is 0 Å². The molecule has 3 aromatic carbocycles. The molecular weight excluding hydrogens is 356 g/mol. The highest BCUT2D eigenvalue weighted by Gasteiger charge is 2.42. The molecule has 1 atom stereocenters. The van der Waals surface area contributed by atoms with Crippen LogP contribution in [0.4, 0.5) is 0 Å². The van der Waals surface area contributed by atoms with Crippen molar-refractivity contribution in [3.8, 4) is 16.9 Å². The molecule has 144 valence electrons. The number of fused-ring (bicyclic) bond motifs is 3. The van der Waals surface area contributed by atoms with Crippen LogP contribution in [0.15, 0.2) is 66.7 Å². The molecule has 0 saturated carbocycles. The average Bonchev–Trinajstić information content (AvgIpc) is 3.02. The van der Waals surface area contributed by atoms with Gasteiger partial charge in [-0.3, -0.25) is 0 Å². The molecule has 1 nitrogen and oxygen atoms in total. The summed E-state index contributed by atoms with van der Waals surface area (Å²) in [4.78, 5) is 0. The Bertz CT molecular complexity index is 1030. The van der Waals surface area contributed by atoms with E-state index in [2.05, 4.69) is 100 Å². The monoisotopic (exact) mass is 386 g/mol. The predicted molar refractivity (Wildman–Crippen MR) is 122 cm³/mol. The van der Waals surface area contributed by atoms with Gasteiger partial charge in [0, 0.05) is 16.5 Å². The van der Waals surface area contributed by atoms with Crippen LogP contribution in [0.1, 0.15) is 41.6 Å². The van der Waals surface area contributed by atoms with Crippen LogP contribution < -0.4 is 4.74 Å². The fourth-order valence-corrected chi connectivity index (χ4v) is 7.37. The molecule has 1 unspecified atom stereocenters. The summed E-state index contributed by atoms with van der Waals surface area (Å²) >= 11 is 0. The lowest BCUT2D eigenvalue weighted by Gasteiger charge is -2.35. The quantitative estimate of drug-likeness (QED) is 0.438. The molecule has 0 aromatic heterocycles. The van der Waals surface area contributed by atoms with Crippen molar-refractivity contribution in [2.24, 2.45) is 0 Å². The van der Waals surface area contributed by atoms with Crippen molar-refractivity contribution in [3.05, 3.63) is 89.0 Å². The summed E-state index contributed by atoms with van der Waals surface area (Å²) < 4.78 is 5.74. The molecule has 1 aliphatic carbocycles. The Kier molecular flexibility index (Phi) is 4.50. The number of hydrogen-bond donors (Lipinski definition) is 0. The molecule has 0 fully saturated rings. The number of ether oxygens (including phenoxy) is 1. The molecule has 0 N–H and O–H groups in total. The zero-order valence-electron chi connectivity index (χ0n) is 17.8. The van der Waals surface area contributed by atoms with E-state index in [0.717, 1.165) is 5.75 Å². The van der Waals surface area contributed by atoms with Gasteiger partial charge in [0.2, 0.25) is 0 Å². The molecule has 2 heteroatoms. The highest BCUT2D eigenvalue weighted by atomic mass is 28.3. The first-order valence-corrected chi connectivity index (χ1v) is 13.7. The second kappa shape index (κ2) is 6.63. The van der Waals surface area contributed by atoms with Gasteiger partial charge in [-0.15, -0.1) is 0 Å². The highest BCUT2D eigenvalue weighted by Crippen LogP contribution is 2.53. The molecule has 3 aromatic rings. The summed E-state index contributed by atoms with van der Waals surface area (Å²) in [5.41, 5.74) is 8.95. The minimum atomic E-state index is -1.49. The largest absolute Gasteiger partial charge is 0.496 e. The summed E-state index contributed by atoms with van der Waals surface area (Å²) in [6.45, 7) is 12.2. The van der Waals surface area contributed by atoms with E-state index >= 15 is 0 Å². The topological polar surface area (TPSA) is 9.23 Å². The number of benzene rings is 3. The first kappa shape index (κ1) is 19.0. The van der Waals surface area contributed by atoms with Crippen molar-refractivity contribution >= 4 is 8.07 Å². The van der Waals surface area contributed by atoms with E-state index in [0.29, 0.717) is 5.54 Å². The van der Waals surface area contributed by atoms with Crippen LogP contribution in [0, 0.1) is 0 Å². The fraction of sp³-hybridized carbons (Fsp3) is 0.308. The van der Waals surface area contributed by atoms with Crippen LogP contribution in [0.2, 0.25) is 19.6 Å². The van der Waals surface area contributed by atoms with E-state index < -0.39 is 8.07 Å². The molecule has 4 rings (SSSR count). The molecule has 1 aliphatic rings. The summed E-state index contributed by atoms with van der Waals surface area (Å²) in [5, 5.41) is 0. The maximum Gasteiger partial charge on any atom is 0.122 e. The van der Waals surface area contributed by atoms with Gasteiger partial charge >= 0.3 is 0 Å². The molecule has 0 amide bonds. The van der Waals surface area contributed by atoms with Gasteiger partial charge < -0.3 is 4.74 Å². The molecule has 0 spiro atoms. The lowest BCUT2D eigenvalue weighted by Crippen LogP contribution is -2.33. The number of rotatable bonds is 4. The van der Waals surface area contributed by atoms with Gasteiger partial charge in [-0.25, -0.2) is 0 Å². The van der Waals surface area contributed by atoms with Crippen LogP contribution in [0.25, 0.3) is 11.1 Å². The van der Waals surface area contributed by atoms with Crippen molar-refractivity contribution in [2.45, 2.75) is 44.4 Å². The summed E-state index contributed by atoms with van der Waals surface area (Å²) in [6.07, 6.45) is 0. The van der Waals surface area contributed by atoms with E-state index in [1.807, 2.05) is 0 Å². The zero-order valence-corrected chi connectivity index (χ0v) is 18.8. The third-order valence-electron chi connectivity index (χ3n) is 6.28. The SMILES string of the molecule is COc1ccccc1C(C)(C)c1cccc2c1C([Si](C)(C)C)c1ccccc1-2. The van der Waals surface area contributed by atoms with Gasteiger partial charge in [0.25, 0.3) is 0 Å². The Hall–Kier alpha value is -2.32. The maximum absolute atomic E-state index is 5.74. The van der Waals surface area contributed by atoms with Crippen molar-refractivity contribution in [1.82, 2.24) is 0 Å². The summed E-state index contributed by atoms with van der Waals surface area (Å²) in [7, 11) is 0.278. The van der Waals surface area contributed by atoms with Crippen LogP contribution in [-0.4, -0.2) is 15.2 Å². The number of hydrogen-bond acceptors (Lipinski definition) is 1. The number of para-hydroxylation sites is 1. The molecule has 0 radical (unpaired) electrons.